The molecule has 3 aromatic carbocycles. The molecule has 0 saturated heterocycles. The average Bonchev–Trinajstić information content (AvgIpc) is 2.49. The van der Waals surface area contributed by atoms with Crippen molar-refractivity contribution in [3.63, 3.8) is 0 Å². The van der Waals surface area contributed by atoms with Crippen molar-refractivity contribution >= 4 is 28.3 Å². The van der Waals surface area contributed by atoms with E-state index in [1.807, 2.05) is 36.4 Å². The quantitative estimate of drug-likeness (QED) is 0.502. The van der Waals surface area contributed by atoms with Crippen LogP contribution in [0.1, 0.15) is 10.4 Å². The molecule has 0 N–H and O–H groups in total. The Hall–Kier alpha value is -2.32. The molecule has 0 aliphatic heterocycles. The van der Waals surface area contributed by atoms with E-state index in [0.29, 0.717) is 16.3 Å². The van der Waals surface area contributed by atoms with Gasteiger partial charge in [-0.2, -0.15) is 0 Å². The number of hydrogen-bond donors (Lipinski definition) is 0. The SMILES string of the molecule is O=C(Oc1ccc(Cl)cc1)c1ccc2ccccc2c1. The van der Waals surface area contributed by atoms with Gasteiger partial charge in [-0.1, -0.05) is 41.9 Å². The van der Waals surface area contributed by atoms with E-state index in [2.05, 4.69) is 0 Å². The second-order valence-electron chi connectivity index (χ2n) is 4.41. The number of esters is 1. The summed E-state index contributed by atoms with van der Waals surface area (Å²) in [6.07, 6.45) is 0. The van der Waals surface area contributed by atoms with Crippen LogP contribution in [0, 0.1) is 0 Å². The van der Waals surface area contributed by atoms with E-state index in [1.54, 1.807) is 30.3 Å². The van der Waals surface area contributed by atoms with Gasteiger partial charge in [0.15, 0.2) is 0 Å². The molecule has 3 rings (SSSR count). The molecule has 0 heterocycles. The average molecular weight is 283 g/mol. The highest BCUT2D eigenvalue weighted by Gasteiger charge is 2.09. The Bertz CT molecular complexity index is 763. The van der Waals surface area contributed by atoms with Gasteiger partial charge in [0.25, 0.3) is 0 Å². The van der Waals surface area contributed by atoms with Gasteiger partial charge in [-0.05, 0) is 47.2 Å². The van der Waals surface area contributed by atoms with Crippen molar-refractivity contribution in [1.29, 1.82) is 0 Å². The summed E-state index contributed by atoms with van der Waals surface area (Å²) in [6, 6.07) is 20.1. The molecule has 0 aliphatic rings. The molecule has 0 amide bonds. The van der Waals surface area contributed by atoms with Crippen LogP contribution in [-0.2, 0) is 0 Å². The highest BCUT2D eigenvalue weighted by Crippen LogP contribution is 2.19. The third kappa shape index (κ3) is 2.65. The van der Waals surface area contributed by atoms with Gasteiger partial charge in [-0.25, -0.2) is 4.79 Å². The second kappa shape index (κ2) is 5.35. The topological polar surface area (TPSA) is 26.3 Å². The van der Waals surface area contributed by atoms with Crippen LogP contribution in [0.3, 0.4) is 0 Å². The first-order chi connectivity index (χ1) is 9.72. The van der Waals surface area contributed by atoms with Gasteiger partial charge >= 0.3 is 5.97 Å². The van der Waals surface area contributed by atoms with Crippen molar-refractivity contribution < 1.29 is 9.53 Å². The van der Waals surface area contributed by atoms with E-state index in [4.69, 9.17) is 16.3 Å². The Morgan fingerprint density at radius 2 is 1.55 bits per heavy atom. The molecular weight excluding hydrogens is 272 g/mol. The molecular formula is C17H11ClO2. The van der Waals surface area contributed by atoms with Crippen LogP contribution in [0.5, 0.6) is 5.75 Å². The smallest absolute Gasteiger partial charge is 0.343 e. The Kier molecular flexibility index (Phi) is 3.40. The first-order valence-electron chi connectivity index (χ1n) is 6.19. The minimum absolute atomic E-state index is 0.377. The van der Waals surface area contributed by atoms with Crippen LogP contribution in [0.15, 0.2) is 66.7 Å². The van der Waals surface area contributed by atoms with E-state index in [1.165, 1.54) is 0 Å². The molecule has 0 saturated carbocycles. The molecule has 20 heavy (non-hydrogen) atoms. The van der Waals surface area contributed by atoms with Crippen molar-refractivity contribution in [1.82, 2.24) is 0 Å². The highest BCUT2D eigenvalue weighted by molar-refractivity contribution is 6.30. The van der Waals surface area contributed by atoms with Gasteiger partial charge in [-0.3, -0.25) is 0 Å². The van der Waals surface area contributed by atoms with E-state index < -0.39 is 0 Å². The molecule has 3 heteroatoms. The van der Waals surface area contributed by atoms with Gasteiger partial charge in [0, 0.05) is 5.02 Å². The zero-order valence-corrected chi connectivity index (χ0v) is 11.3. The van der Waals surface area contributed by atoms with E-state index in [-0.39, 0.29) is 5.97 Å². The zero-order valence-electron chi connectivity index (χ0n) is 10.5. The van der Waals surface area contributed by atoms with Gasteiger partial charge in [0.2, 0.25) is 0 Å². The van der Waals surface area contributed by atoms with Crippen molar-refractivity contribution in [3.05, 3.63) is 77.3 Å². The predicted molar refractivity (Wildman–Crippen MR) is 80.4 cm³/mol. The summed E-state index contributed by atoms with van der Waals surface area (Å²) >= 11 is 5.79. The van der Waals surface area contributed by atoms with Crippen LogP contribution in [0.2, 0.25) is 5.02 Å². The second-order valence-corrected chi connectivity index (χ2v) is 4.84. The van der Waals surface area contributed by atoms with Crippen LogP contribution < -0.4 is 4.74 Å². The van der Waals surface area contributed by atoms with Crippen LogP contribution in [0.4, 0.5) is 0 Å². The lowest BCUT2D eigenvalue weighted by Crippen LogP contribution is -2.08. The fourth-order valence-corrected chi connectivity index (χ4v) is 2.11. The van der Waals surface area contributed by atoms with E-state index in [0.717, 1.165) is 10.8 Å². The fraction of sp³-hybridized carbons (Fsp3) is 0. The summed E-state index contributed by atoms with van der Waals surface area (Å²) in [5, 5.41) is 2.71. The lowest BCUT2D eigenvalue weighted by atomic mass is 10.1. The Morgan fingerprint density at radius 3 is 2.30 bits per heavy atom. The maximum absolute atomic E-state index is 12.1. The normalized spacial score (nSPS) is 10.4. The molecule has 0 radical (unpaired) electrons. The monoisotopic (exact) mass is 282 g/mol. The van der Waals surface area contributed by atoms with Gasteiger partial charge in [-0.15, -0.1) is 0 Å². The predicted octanol–water partition coefficient (Wildman–Crippen LogP) is 4.71. The molecule has 0 unspecified atom stereocenters. The summed E-state index contributed by atoms with van der Waals surface area (Å²) in [7, 11) is 0. The minimum atomic E-state index is -0.377. The first-order valence-corrected chi connectivity index (χ1v) is 6.57. The number of rotatable bonds is 2. The van der Waals surface area contributed by atoms with Gasteiger partial charge < -0.3 is 4.74 Å². The van der Waals surface area contributed by atoms with Crippen molar-refractivity contribution in [2.45, 2.75) is 0 Å². The molecule has 2 nitrogen and oxygen atoms in total. The molecule has 0 aliphatic carbocycles. The summed E-state index contributed by atoms with van der Waals surface area (Å²) in [5.41, 5.74) is 0.527. The Balaban J connectivity index is 1.86. The largest absolute Gasteiger partial charge is 0.423 e. The number of carbonyl (C=O) groups excluding carboxylic acids is 1. The third-order valence-corrected chi connectivity index (χ3v) is 3.26. The van der Waals surface area contributed by atoms with Crippen LogP contribution in [0.25, 0.3) is 10.8 Å². The standard InChI is InChI=1S/C17H11ClO2/c18-15-7-9-16(10-8-15)20-17(19)14-6-5-12-3-1-2-4-13(12)11-14/h1-11H. The minimum Gasteiger partial charge on any atom is -0.423 e. The van der Waals surface area contributed by atoms with Crippen molar-refractivity contribution in [2.75, 3.05) is 0 Å². The van der Waals surface area contributed by atoms with E-state index >= 15 is 0 Å². The maximum atomic E-state index is 12.1. The molecule has 0 spiro atoms. The fourth-order valence-electron chi connectivity index (χ4n) is 1.98. The lowest BCUT2D eigenvalue weighted by molar-refractivity contribution is 0.0735. The number of benzene rings is 3. The molecule has 0 fully saturated rings. The Labute approximate surface area is 121 Å². The maximum Gasteiger partial charge on any atom is 0.343 e. The first kappa shape index (κ1) is 12.7. The van der Waals surface area contributed by atoms with Crippen molar-refractivity contribution in [3.8, 4) is 5.75 Å². The number of halogens is 1. The number of fused-ring (bicyclic) bond motifs is 1. The number of hydrogen-bond acceptors (Lipinski definition) is 2. The van der Waals surface area contributed by atoms with Gasteiger partial charge in [0.05, 0.1) is 5.56 Å². The molecule has 0 aromatic heterocycles. The lowest BCUT2D eigenvalue weighted by Gasteiger charge is -2.05. The summed E-state index contributed by atoms with van der Waals surface area (Å²) < 4.78 is 5.31. The zero-order chi connectivity index (χ0) is 13.9. The van der Waals surface area contributed by atoms with Crippen molar-refractivity contribution in [2.24, 2.45) is 0 Å². The molecule has 0 atom stereocenters. The Morgan fingerprint density at radius 1 is 0.850 bits per heavy atom. The third-order valence-electron chi connectivity index (χ3n) is 3.01. The van der Waals surface area contributed by atoms with Crippen LogP contribution in [-0.4, -0.2) is 5.97 Å². The summed E-state index contributed by atoms with van der Waals surface area (Å²) in [4.78, 5) is 12.1. The molecule has 0 bridgehead atoms. The highest BCUT2D eigenvalue weighted by atomic mass is 35.5. The number of carbonyl (C=O) groups is 1. The molecule has 3 aromatic rings. The summed E-state index contributed by atoms with van der Waals surface area (Å²) in [6.45, 7) is 0. The molecule has 98 valence electrons. The number of ether oxygens (including phenoxy) is 1. The van der Waals surface area contributed by atoms with E-state index in [9.17, 15) is 4.79 Å². The van der Waals surface area contributed by atoms with Gasteiger partial charge in [0.1, 0.15) is 5.75 Å². The van der Waals surface area contributed by atoms with Crippen LogP contribution >= 0.6 is 11.6 Å². The summed E-state index contributed by atoms with van der Waals surface area (Å²) in [5.74, 6) is 0.102.